The SMILES string of the molecule is CCN(Cc1ccccc1)c1nnc(Cl)c2ccccc12. The molecule has 0 aliphatic heterocycles. The molecule has 0 amide bonds. The minimum absolute atomic E-state index is 0.449. The van der Waals surface area contributed by atoms with Gasteiger partial charge < -0.3 is 4.90 Å². The molecule has 0 saturated carbocycles. The fraction of sp³-hybridized carbons (Fsp3) is 0.176. The maximum atomic E-state index is 6.14. The van der Waals surface area contributed by atoms with Gasteiger partial charge in [0.25, 0.3) is 0 Å². The summed E-state index contributed by atoms with van der Waals surface area (Å²) in [5.41, 5.74) is 1.25. The fourth-order valence-corrected chi connectivity index (χ4v) is 2.63. The first-order chi connectivity index (χ1) is 10.3. The average molecular weight is 298 g/mol. The van der Waals surface area contributed by atoms with Gasteiger partial charge in [-0.3, -0.25) is 0 Å². The number of rotatable bonds is 4. The summed E-state index contributed by atoms with van der Waals surface area (Å²) >= 11 is 6.14. The van der Waals surface area contributed by atoms with Crippen LogP contribution >= 0.6 is 11.6 Å². The van der Waals surface area contributed by atoms with Crippen molar-refractivity contribution in [3.63, 3.8) is 0 Å². The van der Waals surface area contributed by atoms with Crippen molar-refractivity contribution in [1.82, 2.24) is 10.2 Å². The lowest BCUT2D eigenvalue weighted by molar-refractivity contribution is 0.803. The Hall–Kier alpha value is -2.13. The fourth-order valence-electron chi connectivity index (χ4n) is 2.43. The van der Waals surface area contributed by atoms with E-state index in [-0.39, 0.29) is 0 Å². The molecule has 4 heteroatoms. The number of anilines is 1. The molecule has 0 N–H and O–H groups in total. The lowest BCUT2D eigenvalue weighted by Gasteiger charge is -2.23. The van der Waals surface area contributed by atoms with E-state index in [1.165, 1.54) is 5.56 Å². The number of hydrogen-bond acceptors (Lipinski definition) is 3. The van der Waals surface area contributed by atoms with Crippen molar-refractivity contribution in [3.05, 3.63) is 65.3 Å². The lowest BCUT2D eigenvalue weighted by Crippen LogP contribution is -2.23. The molecular weight excluding hydrogens is 282 g/mol. The number of hydrogen-bond donors (Lipinski definition) is 0. The summed E-state index contributed by atoms with van der Waals surface area (Å²) in [6.07, 6.45) is 0. The van der Waals surface area contributed by atoms with Gasteiger partial charge in [-0.15, -0.1) is 10.2 Å². The Morgan fingerprint density at radius 1 is 0.905 bits per heavy atom. The van der Waals surface area contributed by atoms with Gasteiger partial charge in [-0.25, -0.2) is 0 Å². The second-order valence-corrected chi connectivity index (χ2v) is 5.22. The molecule has 0 saturated heterocycles. The lowest BCUT2D eigenvalue weighted by atomic mass is 10.1. The summed E-state index contributed by atoms with van der Waals surface area (Å²) in [6.45, 7) is 3.78. The van der Waals surface area contributed by atoms with Gasteiger partial charge in [-0.05, 0) is 12.5 Å². The minimum Gasteiger partial charge on any atom is -0.351 e. The van der Waals surface area contributed by atoms with Crippen LogP contribution in [0.4, 0.5) is 5.82 Å². The molecule has 21 heavy (non-hydrogen) atoms. The van der Waals surface area contributed by atoms with Gasteiger partial charge in [0.1, 0.15) is 0 Å². The molecule has 1 aromatic heterocycles. The molecule has 2 aromatic carbocycles. The zero-order valence-corrected chi connectivity index (χ0v) is 12.6. The van der Waals surface area contributed by atoms with Crippen LogP contribution in [0.5, 0.6) is 0 Å². The van der Waals surface area contributed by atoms with Crippen LogP contribution in [-0.2, 0) is 6.54 Å². The Bertz CT molecular complexity index is 743. The first-order valence-electron chi connectivity index (χ1n) is 6.99. The van der Waals surface area contributed by atoms with Gasteiger partial charge in [0.15, 0.2) is 11.0 Å². The van der Waals surface area contributed by atoms with Gasteiger partial charge in [0.2, 0.25) is 0 Å². The number of benzene rings is 2. The second kappa shape index (κ2) is 6.10. The van der Waals surface area contributed by atoms with Crippen LogP contribution in [0.25, 0.3) is 10.8 Å². The maximum absolute atomic E-state index is 6.14. The molecule has 0 radical (unpaired) electrons. The van der Waals surface area contributed by atoms with E-state index in [0.29, 0.717) is 5.15 Å². The molecule has 3 aromatic rings. The minimum atomic E-state index is 0.449. The van der Waals surface area contributed by atoms with Gasteiger partial charge in [-0.2, -0.15) is 0 Å². The van der Waals surface area contributed by atoms with E-state index in [2.05, 4.69) is 46.3 Å². The van der Waals surface area contributed by atoms with Gasteiger partial charge in [0.05, 0.1) is 0 Å². The van der Waals surface area contributed by atoms with Crippen molar-refractivity contribution in [2.45, 2.75) is 13.5 Å². The Labute approximate surface area is 129 Å². The first kappa shape index (κ1) is 13.8. The van der Waals surface area contributed by atoms with Crippen LogP contribution in [0, 0.1) is 0 Å². The average Bonchev–Trinajstić information content (AvgIpc) is 2.55. The number of halogens is 1. The molecule has 0 spiro atoms. The summed E-state index contributed by atoms with van der Waals surface area (Å²) in [5.74, 6) is 0.876. The summed E-state index contributed by atoms with van der Waals surface area (Å²) in [6, 6.07) is 18.3. The van der Waals surface area contributed by atoms with Crippen LogP contribution in [0.15, 0.2) is 54.6 Å². The monoisotopic (exact) mass is 297 g/mol. The van der Waals surface area contributed by atoms with Crippen LogP contribution < -0.4 is 4.90 Å². The maximum Gasteiger partial charge on any atom is 0.159 e. The highest BCUT2D eigenvalue weighted by Crippen LogP contribution is 2.28. The standard InChI is InChI=1S/C17H16ClN3/c1-2-21(12-13-8-4-3-5-9-13)17-15-11-7-6-10-14(15)16(18)19-20-17/h3-11H,2,12H2,1H3. The van der Waals surface area contributed by atoms with E-state index in [9.17, 15) is 0 Å². The van der Waals surface area contributed by atoms with Crippen molar-refractivity contribution in [1.29, 1.82) is 0 Å². The zero-order valence-electron chi connectivity index (χ0n) is 11.8. The Kier molecular flexibility index (Phi) is 4.02. The topological polar surface area (TPSA) is 29.0 Å². The Morgan fingerprint density at radius 3 is 2.29 bits per heavy atom. The Morgan fingerprint density at radius 2 is 1.57 bits per heavy atom. The summed E-state index contributed by atoms with van der Waals surface area (Å²) in [5, 5.41) is 10.8. The molecule has 0 aliphatic rings. The summed E-state index contributed by atoms with van der Waals surface area (Å²) in [7, 11) is 0. The molecule has 106 valence electrons. The van der Waals surface area contributed by atoms with Crippen LogP contribution in [-0.4, -0.2) is 16.7 Å². The first-order valence-corrected chi connectivity index (χ1v) is 7.37. The van der Waals surface area contributed by atoms with E-state index in [1.807, 2.05) is 30.3 Å². The van der Waals surface area contributed by atoms with Crippen LogP contribution in [0.1, 0.15) is 12.5 Å². The zero-order chi connectivity index (χ0) is 14.7. The molecule has 1 heterocycles. The van der Waals surface area contributed by atoms with Gasteiger partial charge in [0, 0.05) is 23.9 Å². The normalized spacial score (nSPS) is 10.8. The highest BCUT2D eigenvalue weighted by Gasteiger charge is 2.13. The van der Waals surface area contributed by atoms with Crippen molar-refractivity contribution >= 4 is 28.2 Å². The van der Waals surface area contributed by atoms with Crippen molar-refractivity contribution in [2.24, 2.45) is 0 Å². The number of fused-ring (bicyclic) bond motifs is 1. The molecule has 0 atom stereocenters. The van der Waals surface area contributed by atoms with E-state index >= 15 is 0 Å². The highest BCUT2D eigenvalue weighted by atomic mass is 35.5. The predicted molar refractivity (Wildman–Crippen MR) is 87.7 cm³/mol. The van der Waals surface area contributed by atoms with Gasteiger partial charge in [-0.1, -0.05) is 66.2 Å². The quantitative estimate of drug-likeness (QED) is 0.718. The third-order valence-corrected chi connectivity index (χ3v) is 3.80. The molecule has 0 fully saturated rings. The third kappa shape index (κ3) is 2.83. The number of nitrogens with zero attached hydrogens (tertiary/aromatic N) is 3. The smallest absolute Gasteiger partial charge is 0.159 e. The number of aromatic nitrogens is 2. The predicted octanol–water partition coefficient (Wildman–Crippen LogP) is 4.31. The summed E-state index contributed by atoms with van der Waals surface area (Å²) < 4.78 is 0. The largest absolute Gasteiger partial charge is 0.351 e. The van der Waals surface area contributed by atoms with Gasteiger partial charge >= 0.3 is 0 Å². The van der Waals surface area contributed by atoms with E-state index < -0.39 is 0 Å². The van der Waals surface area contributed by atoms with Crippen LogP contribution in [0.3, 0.4) is 0 Å². The molecule has 0 bridgehead atoms. The molecule has 3 nitrogen and oxygen atoms in total. The van der Waals surface area contributed by atoms with Crippen molar-refractivity contribution in [3.8, 4) is 0 Å². The van der Waals surface area contributed by atoms with Crippen molar-refractivity contribution in [2.75, 3.05) is 11.4 Å². The molecule has 0 unspecified atom stereocenters. The van der Waals surface area contributed by atoms with Crippen LogP contribution in [0.2, 0.25) is 5.15 Å². The second-order valence-electron chi connectivity index (χ2n) is 4.86. The molecular formula is C17H16ClN3. The van der Waals surface area contributed by atoms with Crippen molar-refractivity contribution < 1.29 is 0 Å². The van der Waals surface area contributed by atoms with E-state index in [1.54, 1.807) is 0 Å². The van der Waals surface area contributed by atoms with E-state index in [0.717, 1.165) is 29.7 Å². The Balaban J connectivity index is 2.03. The molecule has 0 aliphatic carbocycles. The molecule has 3 rings (SSSR count). The highest BCUT2D eigenvalue weighted by molar-refractivity contribution is 6.34. The van der Waals surface area contributed by atoms with E-state index in [4.69, 9.17) is 11.6 Å². The summed E-state index contributed by atoms with van der Waals surface area (Å²) in [4.78, 5) is 2.21. The third-order valence-electron chi connectivity index (χ3n) is 3.52.